The molecule has 0 bridgehead atoms. The first-order valence-corrected chi connectivity index (χ1v) is 7.25. The van der Waals surface area contributed by atoms with Crippen LogP contribution in [-0.4, -0.2) is 10.1 Å². The molecule has 1 aliphatic carbocycles. The number of halogens is 1. The summed E-state index contributed by atoms with van der Waals surface area (Å²) in [6.45, 7) is 4.20. The predicted molar refractivity (Wildman–Crippen MR) is 84.6 cm³/mol. The van der Waals surface area contributed by atoms with Crippen molar-refractivity contribution in [2.24, 2.45) is 5.73 Å². The molecule has 0 saturated heterocycles. The van der Waals surface area contributed by atoms with Crippen LogP contribution < -0.4 is 5.73 Å². The van der Waals surface area contributed by atoms with Crippen molar-refractivity contribution in [2.75, 3.05) is 0 Å². The molecule has 1 aliphatic rings. The summed E-state index contributed by atoms with van der Waals surface area (Å²) >= 11 is 0. The lowest BCUT2D eigenvalue weighted by molar-refractivity contribution is 0.352. The third kappa shape index (κ3) is 3.27. The minimum absolute atomic E-state index is 0. The Labute approximate surface area is 131 Å². The van der Waals surface area contributed by atoms with Crippen molar-refractivity contribution in [1.82, 2.24) is 10.1 Å². The zero-order chi connectivity index (χ0) is 14.2. The molecule has 114 valence electrons. The van der Waals surface area contributed by atoms with Crippen LogP contribution in [0.2, 0.25) is 0 Å². The second-order valence-corrected chi connectivity index (χ2v) is 5.98. The van der Waals surface area contributed by atoms with E-state index < -0.39 is 0 Å². The summed E-state index contributed by atoms with van der Waals surface area (Å²) in [5.41, 5.74) is 9.71. The molecule has 3 rings (SSSR count). The number of hydrogen-bond donors (Lipinski definition) is 1. The molecular weight excluding hydrogens is 286 g/mol. The smallest absolute Gasteiger partial charge is 0.231 e. The van der Waals surface area contributed by atoms with Gasteiger partial charge in [0.25, 0.3) is 0 Å². The van der Waals surface area contributed by atoms with Gasteiger partial charge in [0.15, 0.2) is 5.82 Å². The fourth-order valence-corrected chi connectivity index (χ4v) is 2.91. The molecule has 2 aromatic rings. The van der Waals surface area contributed by atoms with Crippen LogP contribution in [0.5, 0.6) is 0 Å². The zero-order valence-corrected chi connectivity index (χ0v) is 13.4. The Bertz CT molecular complexity index is 618. The van der Waals surface area contributed by atoms with Crippen LogP contribution >= 0.6 is 12.4 Å². The van der Waals surface area contributed by atoms with E-state index in [0.717, 1.165) is 25.7 Å². The molecule has 0 aliphatic heterocycles. The first-order chi connectivity index (χ1) is 9.57. The van der Waals surface area contributed by atoms with Gasteiger partial charge in [-0.15, -0.1) is 12.4 Å². The van der Waals surface area contributed by atoms with Crippen LogP contribution in [0, 0.1) is 13.8 Å². The molecule has 1 heterocycles. The van der Waals surface area contributed by atoms with Crippen LogP contribution in [0.25, 0.3) is 0 Å². The Hall–Kier alpha value is -1.39. The molecular formula is C16H22ClN3O. The Balaban J connectivity index is 0.00000161. The maximum atomic E-state index is 6.36. The zero-order valence-electron chi connectivity index (χ0n) is 12.6. The first kappa shape index (κ1) is 16.0. The largest absolute Gasteiger partial charge is 0.339 e. The van der Waals surface area contributed by atoms with Crippen molar-refractivity contribution in [1.29, 1.82) is 0 Å². The minimum atomic E-state index is -0.372. The maximum Gasteiger partial charge on any atom is 0.231 e. The van der Waals surface area contributed by atoms with Crippen LogP contribution in [0.3, 0.4) is 0 Å². The van der Waals surface area contributed by atoms with Crippen LogP contribution in [0.4, 0.5) is 0 Å². The average Bonchev–Trinajstić information content (AvgIpc) is 3.04. The van der Waals surface area contributed by atoms with E-state index in [-0.39, 0.29) is 17.9 Å². The summed E-state index contributed by atoms with van der Waals surface area (Å²) in [6.07, 6.45) is 4.89. The van der Waals surface area contributed by atoms with Gasteiger partial charge < -0.3 is 10.3 Å². The average molecular weight is 308 g/mol. The van der Waals surface area contributed by atoms with Crippen molar-refractivity contribution in [3.05, 3.63) is 46.6 Å². The lowest BCUT2D eigenvalue weighted by atomic mass is 9.98. The molecule has 5 heteroatoms. The summed E-state index contributed by atoms with van der Waals surface area (Å²) in [4.78, 5) is 4.53. The van der Waals surface area contributed by atoms with Gasteiger partial charge in [-0.1, -0.05) is 41.8 Å². The van der Waals surface area contributed by atoms with Crippen molar-refractivity contribution in [3.63, 3.8) is 0 Å². The third-order valence-electron chi connectivity index (χ3n) is 4.26. The molecule has 1 aromatic heterocycles. The quantitative estimate of drug-likeness (QED) is 0.943. The fourth-order valence-electron chi connectivity index (χ4n) is 2.91. The number of nitrogens with two attached hydrogens (primary N) is 1. The van der Waals surface area contributed by atoms with Crippen LogP contribution in [0.15, 0.2) is 22.7 Å². The lowest BCUT2D eigenvalue weighted by Crippen LogP contribution is -2.34. The molecule has 0 radical (unpaired) electrons. The maximum absolute atomic E-state index is 6.36. The molecule has 0 unspecified atom stereocenters. The van der Waals surface area contributed by atoms with E-state index in [1.165, 1.54) is 16.7 Å². The second-order valence-electron chi connectivity index (χ2n) is 5.98. The second kappa shape index (κ2) is 6.16. The van der Waals surface area contributed by atoms with Crippen molar-refractivity contribution in [3.8, 4) is 0 Å². The summed E-state index contributed by atoms with van der Waals surface area (Å²) < 4.78 is 5.40. The van der Waals surface area contributed by atoms with Crippen molar-refractivity contribution in [2.45, 2.75) is 51.5 Å². The predicted octanol–water partition coefficient (Wildman–Crippen LogP) is 3.43. The van der Waals surface area contributed by atoms with E-state index >= 15 is 0 Å². The van der Waals surface area contributed by atoms with Crippen molar-refractivity contribution < 1.29 is 4.52 Å². The number of benzene rings is 1. The van der Waals surface area contributed by atoms with E-state index in [2.05, 4.69) is 42.2 Å². The van der Waals surface area contributed by atoms with Gasteiger partial charge in [-0.3, -0.25) is 0 Å². The summed E-state index contributed by atoms with van der Waals surface area (Å²) in [6, 6.07) is 6.42. The highest BCUT2D eigenvalue weighted by atomic mass is 35.5. The van der Waals surface area contributed by atoms with E-state index in [4.69, 9.17) is 10.3 Å². The molecule has 1 aromatic carbocycles. The van der Waals surface area contributed by atoms with Gasteiger partial charge in [0.1, 0.15) is 0 Å². The van der Waals surface area contributed by atoms with E-state index in [1.807, 2.05) is 0 Å². The lowest BCUT2D eigenvalue weighted by Gasteiger charge is -2.17. The monoisotopic (exact) mass is 307 g/mol. The summed E-state index contributed by atoms with van der Waals surface area (Å²) in [7, 11) is 0. The number of rotatable bonds is 3. The van der Waals surface area contributed by atoms with Gasteiger partial charge in [-0.2, -0.15) is 4.98 Å². The highest BCUT2D eigenvalue weighted by Crippen LogP contribution is 2.34. The molecule has 1 fully saturated rings. The molecule has 4 nitrogen and oxygen atoms in total. The molecule has 0 amide bonds. The number of aromatic nitrogens is 2. The number of nitrogens with zero attached hydrogens (tertiary/aromatic N) is 2. The van der Waals surface area contributed by atoms with Crippen LogP contribution in [0.1, 0.15) is 54.1 Å². The van der Waals surface area contributed by atoms with E-state index in [9.17, 15) is 0 Å². The van der Waals surface area contributed by atoms with E-state index in [0.29, 0.717) is 18.1 Å². The minimum Gasteiger partial charge on any atom is -0.339 e. The number of aryl methyl sites for hydroxylation is 2. The standard InChI is InChI=1S/C16H21N3O.ClH/c1-11-5-6-12(2)13(9-11)10-14-18-15(19-20-14)16(17)7-3-4-8-16;/h5-6,9H,3-4,7-8,10,17H2,1-2H3;1H. The van der Waals surface area contributed by atoms with Gasteiger partial charge in [0.05, 0.1) is 12.0 Å². The van der Waals surface area contributed by atoms with Gasteiger partial charge in [0.2, 0.25) is 5.89 Å². The van der Waals surface area contributed by atoms with Crippen molar-refractivity contribution >= 4 is 12.4 Å². The molecule has 2 N–H and O–H groups in total. The van der Waals surface area contributed by atoms with Gasteiger partial charge in [0, 0.05) is 0 Å². The highest BCUT2D eigenvalue weighted by Gasteiger charge is 2.35. The molecule has 0 spiro atoms. The van der Waals surface area contributed by atoms with E-state index in [1.54, 1.807) is 0 Å². The summed E-state index contributed by atoms with van der Waals surface area (Å²) in [5.74, 6) is 1.33. The topological polar surface area (TPSA) is 64.9 Å². The van der Waals surface area contributed by atoms with Gasteiger partial charge in [-0.05, 0) is 37.8 Å². The fraction of sp³-hybridized carbons (Fsp3) is 0.500. The Morgan fingerprint density at radius 2 is 1.95 bits per heavy atom. The van der Waals surface area contributed by atoms with Gasteiger partial charge in [-0.25, -0.2) is 0 Å². The van der Waals surface area contributed by atoms with Crippen LogP contribution in [-0.2, 0) is 12.0 Å². The Morgan fingerprint density at radius 3 is 2.67 bits per heavy atom. The normalized spacial score (nSPS) is 16.7. The molecule has 21 heavy (non-hydrogen) atoms. The Morgan fingerprint density at radius 1 is 1.24 bits per heavy atom. The Kier molecular flexibility index (Phi) is 4.69. The summed E-state index contributed by atoms with van der Waals surface area (Å²) in [5, 5.41) is 4.11. The highest BCUT2D eigenvalue weighted by molar-refractivity contribution is 5.85. The molecule has 0 atom stereocenters. The van der Waals surface area contributed by atoms with Gasteiger partial charge >= 0.3 is 0 Å². The first-order valence-electron chi connectivity index (χ1n) is 7.25. The SMILES string of the molecule is Cc1ccc(C)c(Cc2nc(C3(N)CCCC3)no2)c1.Cl. The third-order valence-corrected chi connectivity index (χ3v) is 4.26. The number of hydrogen-bond acceptors (Lipinski definition) is 4. The molecule has 1 saturated carbocycles.